The molecule has 0 aromatic heterocycles. The van der Waals surface area contributed by atoms with Crippen molar-refractivity contribution < 1.29 is 76.7 Å². The number of esters is 1. The fraction of sp³-hybridized carbons (Fsp3) is 0.951. The van der Waals surface area contributed by atoms with E-state index in [4.69, 9.17) is 32.9 Å². The van der Waals surface area contributed by atoms with Gasteiger partial charge in [-0.3, -0.25) is 18.9 Å². The number of phosphoric ester groups is 1. The number of carboxylic acids is 1. The molecule has 0 radical (unpaired) electrons. The molecule has 6 N–H and O–H groups in total. The predicted molar refractivity (Wildman–Crippen MR) is 406 cm³/mol. The van der Waals surface area contributed by atoms with Gasteiger partial charge in [0.2, 0.25) is 11.8 Å². The fourth-order valence-corrected chi connectivity index (χ4v) is 14.2. The van der Waals surface area contributed by atoms with Gasteiger partial charge in [0.25, 0.3) is 0 Å². The highest BCUT2D eigenvalue weighted by Gasteiger charge is 2.52. The number of ether oxygens (including phenoxy) is 6. The molecule has 0 aromatic rings. The smallest absolute Gasteiger partial charge is 0.470 e. The Bertz CT molecular complexity index is 1870. The van der Waals surface area contributed by atoms with Crippen LogP contribution in [0.3, 0.4) is 0 Å². The molecular weight excluding hydrogens is 1290 g/mol. The molecule has 1 saturated heterocycles. The van der Waals surface area contributed by atoms with E-state index in [9.17, 15) is 43.7 Å². The van der Waals surface area contributed by atoms with Gasteiger partial charge in [-0.05, 0) is 38.5 Å². The van der Waals surface area contributed by atoms with Crippen LogP contribution in [0, 0.1) is 0 Å². The Morgan fingerprint density at radius 1 is 0.430 bits per heavy atom. The Morgan fingerprint density at radius 2 is 0.760 bits per heavy atom. The SMILES string of the molecule is CCCCCCCCCCCCC(OCCCCCCCCCC)C(=O)N[C@@H](CO[C@@H]1O[C@H](CO)[C@@H](OP(=O)(O)O)[C@H](OC(=O)CC(CCCCCCCCCCC)OCCCCCCCCCC)[C@H]1NC(=O)CC(CCCCCCCCCCC)OCCCCCCCCCC)C(=O)O. The molecule has 100 heavy (non-hydrogen) atoms. The van der Waals surface area contributed by atoms with Crippen LogP contribution in [0.2, 0.25) is 0 Å². The Hall–Kier alpha value is -2.25. The van der Waals surface area contributed by atoms with Crippen LogP contribution in [0.15, 0.2) is 0 Å². The zero-order valence-corrected chi connectivity index (χ0v) is 66.1. The van der Waals surface area contributed by atoms with Crippen molar-refractivity contribution in [1.82, 2.24) is 10.6 Å². The van der Waals surface area contributed by atoms with E-state index in [1.165, 1.54) is 180 Å². The van der Waals surface area contributed by atoms with Gasteiger partial charge < -0.3 is 59.1 Å². The summed E-state index contributed by atoms with van der Waals surface area (Å²) in [5.41, 5.74) is 0. The van der Waals surface area contributed by atoms with Gasteiger partial charge in [0, 0.05) is 19.8 Å². The van der Waals surface area contributed by atoms with Gasteiger partial charge in [-0.1, -0.05) is 356 Å². The third-order valence-electron chi connectivity index (χ3n) is 19.9. The Kier molecular flexibility index (Phi) is 65.6. The number of aliphatic carboxylic acids is 1. The van der Waals surface area contributed by atoms with E-state index in [1.54, 1.807) is 0 Å². The molecule has 1 rings (SSSR count). The van der Waals surface area contributed by atoms with Crippen LogP contribution in [-0.4, -0.2) is 132 Å². The molecule has 18 nitrogen and oxygen atoms in total. The second-order valence-electron chi connectivity index (χ2n) is 29.4. The zero-order valence-electron chi connectivity index (χ0n) is 65.2. The lowest BCUT2D eigenvalue weighted by Gasteiger charge is -2.45. The first kappa shape index (κ1) is 95.8. The fourth-order valence-electron chi connectivity index (χ4n) is 13.6. The molecule has 2 amide bonds. The van der Waals surface area contributed by atoms with Crippen LogP contribution in [0.1, 0.15) is 408 Å². The molecule has 0 bridgehead atoms. The number of carbonyl (C=O) groups is 4. The van der Waals surface area contributed by atoms with Gasteiger partial charge in [0.1, 0.15) is 24.4 Å². The van der Waals surface area contributed by atoms with Crippen LogP contribution in [0.25, 0.3) is 0 Å². The third-order valence-corrected chi connectivity index (χ3v) is 20.4. The van der Waals surface area contributed by atoms with Gasteiger partial charge in [0.05, 0.1) is 38.3 Å². The van der Waals surface area contributed by atoms with E-state index in [-0.39, 0.29) is 12.8 Å². The number of aliphatic hydroxyl groups excluding tert-OH is 1. The minimum absolute atomic E-state index is 0.133. The summed E-state index contributed by atoms with van der Waals surface area (Å²) >= 11 is 0. The summed E-state index contributed by atoms with van der Waals surface area (Å²) in [6.45, 7) is 12.9. The summed E-state index contributed by atoms with van der Waals surface area (Å²) in [4.78, 5) is 78.2. The average molecular weight is 1450 g/mol. The number of carbonyl (C=O) groups excluding carboxylic acids is 3. The molecule has 1 fully saturated rings. The molecular formula is C81H157N2O16P. The van der Waals surface area contributed by atoms with Crippen LogP contribution in [0.4, 0.5) is 0 Å². The van der Waals surface area contributed by atoms with E-state index < -0.39 is 99.8 Å². The van der Waals surface area contributed by atoms with E-state index in [0.29, 0.717) is 45.5 Å². The average Bonchev–Trinajstić information content (AvgIpc) is 0.781. The maximum absolute atomic E-state index is 14.9. The van der Waals surface area contributed by atoms with Crippen molar-refractivity contribution in [3.05, 3.63) is 0 Å². The van der Waals surface area contributed by atoms with Gasteiger partial charge in [0.15, 0.2) is 18.4 Å². The molecule has 592 valence electrons. The number of rotatable bonds is 76. The van der Waals surface area contributed by atoms with Gasteiger partial charge in [-0.2, -0.15) is 0 Å². The van der Waals surface area contributed by atoms with Crippen molar-refractivity contribution in [2.45, 2.75) is 463 Å². The first-order chi connectivity index (χ1) is 48.7. The second-order valence-corrected chi connectivity index (χ2v) is 30.6. The van der Waals surface area contributed by atoms with Gasteiger partial charge >= 0.3 is 19.8 Å². The number of nitrogens with one attached hydrogen (secondary N) is 2. The van der Waals surface area contributed by atoms with Crippen LogP contribution in [-0.2, 0) is 56.7 Å². The minimum Gasteiger partial charge on any atom is -0.480 e. The molecule has 1 heterocycles. The maximum atomic E-state index is 14.9. The topological polar surface area (TPSA) is 255 Å². The number of hydrogen-bond donors (Lipinski definition) is 6. The second kappa shape index (κ2) is 68.6. The summed E-state index contributed by atoms with van der Waals surface area (Å²) in [7, 11) is -5.45. The Morgan fingerprint density at radius 3 is 1.11 bits per heavy atom. The molecule has 0 saturated carbocycles. The number of hydrogen-bond acceptors (Lipinski definition) is 13. The summed E-state index contributed by atoms with van der Waals surface area (Å²) in [6, 6.07) is -3.26. The zero-order chi connectivity index (χ0) is 73.2. The van der Waals surface area contributed by atoms with Crippen LogP contribution < -0.4 is 10.6 Å². The van der Waals surface area contributed by atoms with Crippen molar-refractivity contribution in [1.29, 1.82) is 0 Å². The number of aliphatic hydroxyl groups is 1. The van der Waals surface area contributed by atoms with Crippen molar-refractivity contribution in [3.8, 4) is 0 Å². The normalized spacial score (nSPS) is 17.7. The van der Waals surface area contributed by atoms with Crippen LogP contribution >= 0.6 is 7.82 Å². The van der Waals surface area contributed by atoms with E-state index in [1.807, 2.05) is 0 Å². The van der Waals surface area contributed by atoms with E-state index in [0.717, 1.165) is 148 Å². The van der Waals surface area contributed by atoms with E-state index in [2.05, 4.69) is 52.2 Å². The number of unbranched alkanes of at least 4 members (excludes halogenated alkanes) is 46. The number of carboxylic acid groups (broad SMARTS) is 1. The predicted octanol–water partition coefficient (Wildman–Crippen LogP) is 20.7. The maximum Gasteiger partial charge on any atom is 0.470 e. The largest absolute Gasteiger partial charge is 0.480 e. The molecule has 19 heteroatoms. The standard InChI is InChI=1S/C81H157N2O16P/c1-7-13-19-25-31-37-40-43-49-55-61-72(95-64-58-52-46-36-30-24-18-12-6)79(87)82-71(80(88)89)68-96-81-76(83-74(85)65-69(59-53-47-41-38-32-26-20-14-8-2)93-62-56-50-44-34-28-22-16-10-4)78(77(73(67-84)97-81)99-100(90,91)92)98-75(86)66-70(60-54-48-42-39-33-27-21-15-9-3)94-63-57-51-45-35-29-23-17-11-5/h69-73,76-78,81,84H,7-68H2,1-6H3,(H,82,87)(H,83,85)(H,88,89)(H2,90,91,92)/t69?,70?,71-,72?,73+,76+,77+,78+,81+/m0/s1. The first-order valence-corrected chi connectivity index (χ1v) is 43.7. The quantitative estimate of drug-likeness (QED) is 0.0188. The molecule has 1 aliphatic rings. The lowest BCUT2D eigenvalue weighted by atomic mass is 9.95. The molecule has 0 spiro atoms. The molecule has 9 atom stereocenters. The number of phosphoric acid groups is 1. The van der Waals surface area contributed by atoms with Gasteiger partial charge in [-0.25, -0.2) is 9.36 Å². The summed E-state index contributed by atoms with van der Waals surface area (Å²) in [6.07, 6.45) is 50.0. The summed E-state index contributed by atoms with van der Waals surface area (Å²) < 4.78 is 56.6. The highest BCUT2D eigenvalue weighted by Crippen LogP contribution is 2.42. The first-order valence-electron chi connectivity index (χ1n) is 42.2. The van der Waals surface area contributed by atoms with Crippen LogP contribution in [0.5, 0.6) is 0 Å². The summed E-state index contributed by atoms with van der Waals surface area (Å²) in [5.74, 6) is -3.40. The highest BCUT2D eigenvalue weighted by atomic mass is 31.2. The third kappa shape index (κ3) is 55.2. The van der Waals surface area contributed by atoms with Crippen molar-refractivity contribution in [3.63, 3.8) is 0 Å². The lowest BCUT2D eigenvalue weighted by molar-refractivity contribution is -0.272. The van der Waals surface area contributed by atoms with Crippen molar-refractivity contribution >= 4 is 31.6 Å². The summed E-state index contributed by atoms with van der Waals surface area (Å²) in [5, 5.41) is 27.4. The molecule has 0 aliphatic carbocycles. The monoisotopic (exact) mass is 1450 g/mol. The van der Waals surface area contributed by atoms with Crippen molar-refractivity contribution in [2.24, 2.45) is 0 Å². The minimum atomic E-state index is -5.45. The number of amides is 2. The lowest BCUT2D eigenvalue weighted by Crippen LogP contribution is -2.66. The highest BCUT2D eigenvalue weighted by molar-refractivity contribution is 7.46. The molecule has 1 aliphatic heterocycles. The van der Waals surface area contributed by atoms with E-state index >= 15 is 0 Å². The molecule has 0 aromatic carbocycles. The molecule has 3 unspecified atom stereocenters. The Labute approximate surface area is 611 Å². The van der Waals surface area contributed by atoms with Gasteiger partial charge in [-0.15, -0.1) is 0 Å². The Balaban J connectivity index is 3.77. The van der Waals surface area contributed by atoms with Crippen molar-refractivity contribution in [2.75, 3.05) is 33.0 Å².